The molecule has 4 heteroatoms. The Bertz CT molecular complexity index is 459. The van der Waals surface area contributed by atoms with Gasteiger partial charge >= 0.3 is 0 Å². The molecule has 3 rings (SSSR count). The molecule has 1 spiro atoms. The van der Waals surface area contributed by atoms with Crippen LogP contribution in [0.25, 0.3) is 0 Å². The molecule has 0 radical (unpaired) electrons. The monoisotopic (exact) mass is 290 g/mol. The lowest BCUT2D eigenvalue weighted by Crippen LogP contribution is -2.64. The molecule has 118 valence electrons. The third-order valence-electron chi connectivity index (χ3n) is 5.53. The summed E-state index contributed by atoms with van der Waals surface area (Å²) >= 11 is 0. The zero-order chi connectivity index (χ0) is 14.9. The van der Waals surface area contributed by atoms with E-state index in [0.29, 0.717) is 17.5 Å². The van der Waals surface area contributed by atoms with Crippen LogP contribution in [0, 0.1) is 5.92 Å². The van der Waals surface area contributed by atoms with E-state index in [2.05, 4.69) is 40.7 Å². The highest BCUT2D eigenvalue weighted by Crippen LogP contribution is 2.34. The number of nitrogens with zero attached hydrogens (tertiary/aromatic N) is 3. The van der Waals surface area contributed by atoms with Gasteiger partial charge in [0.2, 0.25) is 0 Å². The van der Waals surface area contributed by atoms with Crippen LogP contribution >= 0.6 is 0 Å². The number of hydrogen-bond donors (Lipinski definition) is 1. The van der Waals surface area contributed by atoms with Crippen LogP contribution in [0.2, 0.25) is 0 Å². The first-order valence-electron chi connectivity index (χ1n) is 8.55. The molecular formula is C17H30N4. The van der Waals surface area contributed by atoms with Gasteiger partial charge in [-0.2, -0.15) is 0 Å². The summed E-state index contributed by atoms with van der Waals surface area (Å²) in [6.07, 6.45) is 10.5. The van der Waals surface area contributed by atoms with Crippen molar-refractivity contribution in [1.29, 1.82) is 0 Å². The lowest BCUT2D eigenvalue weighted by Gasteiger charge is -2.48. The fourth-order valence-corrected chi connectivity index (χ4v) is 4.18. The molecule has 1 aliphatic heterocycles. The summed E-state index contributed by atoms with van der Waals surface area (Å²) in [7, 11) is 2.10. The number of imidazole rings is 1. The Balaban J connectivity index is 1.67. The molecule has 1 aromatic rings. The van der Waals surface area contributed by atoms with Gasteiger partial charge in [-0.3, -0.25) is 4.90 Å². The Morgan fingerprint density at radius 1 is 1.38 bits per heavy atom. The lowest BCUT2D eigenvalue weighted by atomic mass is 9.89. The van der Waals surface area contributed by atoms with Gasteiger partial charge in [0.15, 0.2) is 0 Å². The average molecular weight is 290 g/mol. The van der Waals surface area contributed by atoms with Crippen LogP contribution in [-0.2, 0) is 13.5 Å². The van der Waals surface area contributed by atoms with E-state index in [1.165, 1.54) is 38.1 Å². The summed E-state index contributed by atoms with van der Waals surface area (Å²) in [5.74, 6) is 1.91. The summed E-state index contributed by atoms with van der Waals surface area (Å²) < 4.78 is 2.15. The van der Waals surface area contributed by atoms with Gasteiger partial charge in [-0.25, -0.2) is 4.98 Å². The van der Waals surface area contributed by atoms with Crippen molar-refractivity contribution < 1.29 is 0 Å². The molecule has 21 heavy (non-hydrogen) atoms. The highest BCUT2D eigenvalue weighted by atomic mass is 15.3. The number of rotatable bonds is 4. The first-order chi connectivity index (χ1) is 10.1. The van der Waals surface area contributed by atoms with Gasteiger partial charge in [-0.05, 0) is 18.8 Å². The minimum atomic E-state index is 0.410. The Labute approximate surface area is 128 Å². The Kier molecular flexibility index (Phi) is 4.36. The Hall–Kier alpha value is -0.870. The van der Waals surface area contributed by atoms with Gasteiger partial charge in [0.05, 0.1) is 0 Å². The Morgan fingerprint density at radius 2 is 2.14 bits per heavy atom. The number of aryl methyl sites for hydroxylation is 1. The minimum Gasteiger partial charge on any atom is -0.338 e. The van der Waals surface area contributed by atoms with Gasteiger partial charge in [0.25, 0.3) is 0 Å². The van der Waals surface area contributed by atoms with E-state index in [9.17, 15) is 0 Å². The van der Waals surface area contributed by atoms with Crippen LogP contribution in [0.1, 0.15) is 45.4 Å². The van der Waals surface area contributed by atoms with Crippen LogP contribution in [0.15, 0.2) is 12.4 Å². The average Bonchev–Trinajstić information content (AvgIpc) is 3.06. The maximum atomic E-state index is 4.48. The highest BCUT2D eigenvalue weighted by Gasteiger charge is 2.41. The molecule has 1 saturated heterocycles. The van der Waals surface area contributed by atoms with Crippen molar-refractivity contribution in [2.75, 3.05) is 19.6 Å². The van der Waals surface area contributed by atoms with Crippen molar-refractivity contribution in [2.45, 2.75) is 57.5 Å². The maximum Gasteiger partial charge on any atom is 0.109 e. The number of nitrogens with one attached hydrogen (secondary N) is 1. The fourth-order valence-electron chi connectivity index (χ4n) is 4.18. The van der Waals surface area contributed by atoms with Crippen LogP contribution < -0.4 is 5.32 Å². The first-order valence-corrected chi connectivity index (χ1v) is 8.55. The van der Waals surface area contributed by atoms with E-state index < -0.39 is 0 Å². The van der Waals surface area contributed by atoms with E-state index in [0.717, 1.165) is 19.5 Å². The second-order valence-corrected chi connectivity index (χ2v) is 7.35. The van der Waals surface area contributed by atoms with Gasteiger partial charge in [-0.1, -0.05) is 26.7 Å². The third kappa shape index (κ3) is 3.16. The number of piperazine rings is 1. The van der Waals surface area contributed by atoms with Gasteiger partial charge in [0.1, 0.15) is 5.82 Å². The summed E-state index contributed by atoms with van der Waals surface area (Å²) in [6.45, 7) is 8.22. The smallest absolute Gasteiger partial charge is 0.109 e. The second-order valence-electron chi connectivity index (χ2n) is 7.35. The normalized spacial score (nSPS) is 26.0. The summed E-state index contributed by atoms with van der Waals surface area (Å²) in [5.41, 5.74) is 0.410. The van der Waals surface area contributed by atoms with E-state index in [1.54, 1.807) is 0 Å². The van der Waals surface area contributed by atoms with Gasteiger partial charge in [0, 0.05) is 57.1 Å². The second kappa shape index (κ2) is 6.09. The van der Waals surface area contributed by atoms with E-state index in [-0.39, 0.29) is 0 Å². The zero-order valence-electron chi connectivity index (χ0n) is 13.8. The molecule has 2 fully saturated rings. The highest BCUT2D eigenvalue weighted by molar-refractivity contribution is 5.02. The third-order valence-corrected chi connectivity index (χ3v) is 5.53. The van der Waals surface area contributed by atoms with E-state index in [1.807, 2.05) is 12.4 Å². The molecule has 1 aliphatic carbocycles. The predicted molar refractivity (Wildman–Crippen MR) is 86.3 cm³/mol. The van der Waals surface area contributed by atoms with Crippen LogP contribution in [0.3, 0.4) is 0 Å². The van der Waals surface area contributed by atoms with Crippen LogP contribution in [0.4, 0.5) is 0 Å². The zero-order valence-corrected chi connectivity index (χ0v) is 13.8. The van der Waals surface area contributed by atoms with Crippen LogP contribution in [-0.4, -0.2) is 45.7 Å². The number of aromatic nitrogens is 2. The molecule has 1 N–H and O–H groups in total. The molecule has 4 nitrogen and oxygen atoms in total. The van der Waals surface area contributed by atoms with E-state index in [4.69, 9.17) is 0 Å². The van der Waals surface area contributed by atoms with Crippen molar-refractivity contribution in [3.05, 3.63) is 18.2 Å². The van der Waals surface area contributed by atoms with Crippen molar-refractivity contribution in [3.63, 3.8) is 0 Å². The predicted octanol–water partition coefficient (Wildman–Crippen LogP) is 2.21. The van der Waals surface area contributed by atoms with Gasteiger partial charge < -0.3 is 9.88 Å². The molecule has 2 heterocycles. The Morgan fingerprint density at radius 3 is 2.76 bits per heavy atom. The van der Waals surface area contributed by atoms with Crippen molar-refractivity contribution in [3.8, 4) is 0 Å². The molecule has 1 aromatic heterocycles. The van der Waals surface area contributed by atoms with Crippen molar-refractivity contribution in [1.82, 2.24) is 19.8 Å². The molecule has 0 bridgehead atoms. The lowest BCUT2D eigenvalue weighted by molar-refractivity contribution is 0.0575. The largest absolute Gasteiger partial charge is 0.338 e. The topological polar surface area (TPSA) is 33.1 Å². The van der Waals surface area contributed by atoms with Crippen LogP contribution in [0.5, 0.6) is 0 Å². The molecule has 2 aliphatic rings. The fraction of sp³-hybridized carbons (Fsp3) is 0.824. The SMILES string of the molecule is CC(C)C1CNC2(CCCC2)CN1CCc1nccn1C. The summed E-state index contributed by atoms with van der Waals surface area (Å²) in [5, 5.41) is 3.90. The molecule has 0 amide bonds. The first kappa shape index (κ1) is 15.0. The summed E-state index contributed by atoms with van der Waals surface area (Å²) in [6, 6.07) is 0.663. The molecule has 1 unspecified atom stereocenters. The van der Waals surface area contributed by atoms with E-state index >= 15 is 0 Å². The quantitative estimate of drug-likeness (QED) is 0.923. The maximum absolute atomic E-state index is 4.48. The van der Waals surface area contributed by atoms with Crippen molar-refractivity contribution in [2.24, 2.45) is 13.0 Å². The number of hydrogen-bond acceptors (Lipinski definition) is 3. The molecule has 0 aromatic carbocycles. The molecular weight excluding hydrogens is 260 g/mol. The minimum absolute atomic E-state index is 0.410. The summed E-state index contributed by atoms with van der Waals surface area (Å²) in [4.78, 5) is 7.22. The standard InChI is InChI=1S/C17H30N4/c1-14(2)15-12-19-17(7-4-5-8-17)13-21(15)10-6-16-18-9-11-20(16)3/h9,11,14-15,19H,4-8,10,12-13H2,1-3H3. The molecule has 1 atom stereocenters. The molecule has 1 saturated carbocycles. The van der Waals surface area contributed by atoms with Gasteiger partial charge in [-0.15, -0.1) is 0 Å². The van der Waals surface area contributed by atoms with Crippen molar-refractivity contribution >= 4 is 0 Å².